The Hall–Kier alpha value is -1.95. The van der Waals surface area contributed by atoms with Crippen molar-refractivity contribution in [2.75, 3.05) is 13.1 Å². The Labute approximate surface area is 166 Å². The average Bonchev–Trinajstić information content (AvgIpc) is 2.61. The van der Waals surface area contributed by atoms with E-state index in [0.29, 0.717) is 13.1 Å². The van der Waals surface area contributed by atoms with Gasteiger partial charge in [0.25, 0.3) is 0 Å². The van der Waals surface area contributed by atoms with E-state index >= 15 is 0 Å². The summed E-state index contributed by atoms with van der Waals surface area (Å²) in [6.45, 7) is 8.99. The van der Waals surface area contributed by atoms with Gasteiger partial charge in [0.05, 0.1) is 12.2 Å². The molecule has 154 valence electrons. The molecule has 3 aliphatic rings. The molecule has 1 N–H and O–H groups in total. The van der Waals surface area contributed by atoms with E-state index in [1.807, 2.05) is 26.8 Å². The number of hydrogen-bond donors (Lipinski definition) is 1. The van der Waals surface area contributed by atoms with Gasteiger partial charge in [-0.3, -0.25) is 0 Å². The van der Waals surface area contributed by atoms with E-state index in [-0.39, 0.29) is 35.6 Å². The minimum Gasteiger partial charge on any atom is -0.508 e. The second-order valence-corrected chi connectivity index (χ2v) is 9.41. The number of ether oxygens (including phenoxy) is 3. The van der Waals surface area contributed by atoms with Gasteiger partial charge in [-0.25, -0.2) is 4.79 Å². The number of carbonyl (C=O) groups is 1. The molecule has 3 atom stereocenters. The molecule has 3 aliphatic heterocycles. The van der Waals surface area contributed by atoms with Gasteiger partial charge in [0, 0.05) is 37.4 Å². The number of hydrogen-bond acceptors (Lipinski definition) is 5. The number of fused-ring (bicyclic) bond motifs is 4. The summed E-state index contributed by atoms with van der Waals surface area (Å²) in [5.41, 5.74) is 0.108. The number of phenolic OH excluding ortho intramolecular Hbond substituents is 1. The lowest BCUT2D eigenvalue weighted by molar-refractivity contribution is -0.169. The molecule has 1 aromatic rings. The Bertz CT molecular complexity index is 748. The van der Waals surface area contributed by atoms with Crippen LogP contribution in [0.5, 0.6) is 11.5 Å². The third-order valence-electron chi connectivity index (χ3n) is 6.18. The summed E-state index contributed by atoms with van der Waals surface area (Å²) in [5.74, 6) is 1.25. The number of rotatable bonds is 0. The number of carbonyl (C=O) groups excluding carboxylic acids is 1. The molecular formula is C22H31NO5. The van der Waals surface area contributed by atoms with Crippen molar-refractivity contribution >= 4 is 6.09 Å². The van der Waals surface area contributed by atoms with Crippen LogP contribution in [0.2, 0.25) is 0 Å². The van der Waals surface area contributed by atoms with E-state index in [1.54, 1.807) is 17.0 Å². The molecular weight excluding hydrogens is 358 g/mol. The third kappa shape index (κ3) is 3.54. The van der Waals surface area contributed by atoms with Crippen molar-refractivity contribution in [2.24, 2.45) is 5.92 Å². The molecule has 28 heavy (non-hydrogen) atoms. The molecule has 0 saturated carbocycles. The van der Waals surface area contributed by atoms with E-state index in [4.69, 9.17) is 14.2 Å². The van der Waals surface area contributed by atoms with Crippen LogP contribution in [0.3, 0.4) is 0 Å². The first-order chi connectivity index (χ1) is 13.2. The standard InChI is InChI=1S/C22H31NO5/c1-14-5-7-17-19(26-14)16-13-15(24)6-8-18(16)27-22(17)9-11-23(12-10-22)20(25)28-21(2,3)4/h6,8,13-14,17,19,24H,5,7,9-12H2,1-4H3/t14-,17-,19+/m1/s1. The molecule has 0 bridgehead atoms. The Morgan fingerprint density at radius 1 is 1.25 bits per heavy atom. The molecule has 4 rings (SSSR count). The SMILES string of the molecule is C[C@@H]1CC[C@@H]2[C@@H](O1)c1cc(O)ccc1OC21CCN(C(=O)OC(C)(C)C)CC1. The number of likely N-dealkylation sites (tertiary alicyclic amines) is 1. The van der Waals surface area contributed by atoms with Crippen molar-refractivity contribution in [1.29, 1.82) is 0 Å². The summed E-state index contributed by atoms with van der Waals surface area (Å²) in [6, 6.07) is 5.27. The molecule has 0 unspecified atom stereocenters. The third-order valence-corrected chi connectivity index (χ3v) is 6.18. The van der Waals surface area contributed by atoms with Gasteiger partial charge >= 0.3 is 6.09 Å². The normalized spacial score (nSPS) is 28.9. The van der Waals surface area contributed by atoms with Gasteiger partial charge in [-0.1, -0.05) is 0 Å². The zero-order valence-corrected chi connectivity index (χ0v) is 17.2. The first-order valence-electron chi connectivity index (χ1n) is 10.3. The molecule has 1 amide bonds. The Balaban J connectivity index is 1.57. The molecule has 6 nitrogen and oxygen atoms in total. The monoisotopic (exact) mass is 389 g/mol. The quantitative estimate of drug-likeness (QED) is 0.712. The number of nitrogens with zero attached hydrogens (tertiary/aromatic N) is 1. The van der Waals surface area contributed by atoms with Crippen LogP contribution >= 0.6 is 0 Å². The lowest BCUT2D eigenvalue weighted by Crippen LogP contribution is -2.58. The van der Waals surface area contributed by atoms with Crippen LogP contribution in [0.25, 0.3) is 0 Å². The molecule has 2 fully saturated rings. The Morgan fingerprint density at radius 2 is 1.96 bits per heavy atom. The van der Waals surface area contributed by atoms with E-state index < -0.39 is 5.60 Å². The summed E-state index contributed by atoms with van der Waals surface area (Å²) in [4.78, 5) is 14.2. The van der Waals surface area contributed by atoms with Gasteiger partial charge < -0.3 is 24.2 Å². The Morgan fingerprint density at radius 3 is 2.64 bits per heavy atom. The second-order valence-electron chi connectivity index (χ2n) is 9.41. The highest BCUT2D eigenvalue weighted by atomic mass is 16.6. The van der Waals surface area contributed by atoms with E-state index in [2.05, 4.69) is 6.92 Å². The highest BCUT2D eigenvalue weighted by Crippen LogP contribution is 2.54. The van der Waals surface area contributed by atoms with Gasteiger partial charge in [-0.05, 0) is 58.7 Å². The fourth-order valence-electron chi connectivity index (χ4n) is 4.82. The van der Waals surface area contributed by atoms with Crippen molar-refractivity contribution < 1.29 is 24.1 Å². The molecule has 2 saturated heterocycles. The smallest absolute Gasteiger partial charge is 0.410 e. The largest absolute Gasteiger partial charge is 0.508 e. The summed E-state index contributed by atoms with van der Waals surface area (Å²) < 4.78 is 18.5. The summed E-state index contributed by atoms with van der Waals surface area (Å²) >= 11 is 0. The van der Waals surface area contributed by atoms with E-state index in [0.717, 1.165) is 37.0 Å². The highest BCUT2D eigenvalue weighted by molar-refractivity contribution is 5.68. The van der Waals surface area contributed by atoms with E-state index in [1.165, 1.54) is 0 Å². The van der Waals surface area contributed by atoms with Gasteiger partial charge in [0.2, 0.25) is 0 Å². The predicted molar refractivity (Wildman–Crippen MR) is 105 cm³/mol. The molecule has 0 aromatic heterocycles. The van der Waals surface area contributed by atoms with Crippen LogP contribution < -0.4 is 4.74 Å². The van der Waals surface area contributed by atoms with Crippen LogP contribution in [0, 0.1) is 5.92 Å². The second kappa shape index (κ2) is 6.83. The van der Waals surface area contributed by atoms with Crippen LogP contribution in [-0.4, -0.2) is 46.5 Å². The van der Waals surface area contributed by atoms with Crippen molar-refractivity contribution in [3.63, 3.8) is 0 Å². The minimum absolute atomic E-state index is 0.0762. The molecule has 3 heterocycles. The van der Waals surface area contributed by atoms with Crippen molar-refractivity contribution in [2.45, 2.75) is 76.8 Å². The van der Waals surface area contributed by atoms with Crippen LogP contribution in [0.1, 0.15) is 65.0 Å². The van der Waals surface area contributed by atoms with Crippen molar-refractivity contribution in [3.05, 3.63) is 23.8 Å². The maximum Gasteiger partial charge on any atom is 0.410 e. The summed E-state index contributed by atoms with van der Waals surface area (Å²) in [6.07, 6.45) is 3.38. The maximum atomic E-state index is 12.5. The topological polar surface area (TPSA) is 68.2 Å². The Kier molecular flexibility index (Phi) is 4.73. The van der Waals surface area contributed by atoms with Crippen LogP contribution in [0.4, 0.5) is 4.79 Å². The fourth-order valence-corrected chi connectivity index (χ4v) is 4.82. The molecule has 6 heteroatoms. The van der Waals surface area contributed by atoms with Crippen molar-refractivity contribution in [1.82, 2.24) is 4.90 Å². The zero-order chi connectivity index (χ0) is 20.1. The number of piperidine rings is 1. The van der Waals surface area contributed by atoms with Crippen molar-refractivity contribution in [3.8, 4) is 11.5 Å². The summed E-state index contributed by atoms with van der Waals surface area (Å²) in [7, 11) is 0. The number of amides is 1. The van der Waals surface area contributed by atoms with Gasteiger partial charge in [-0.15, -0.1) is 0 Å². The lowest BCUT2D eigenvalue weighted by atomic mass is 9.69. The number of aromatic hydroxyl groups is 1. The molecule has 1 spiro atoms. The maximum absolute atomic E-state index is 12.5. The van der Waals surface area contributed by atoms with Gasteiger partial charge in [0.1, 0.15) is 22.7 Å². The van der Waals surface area contributed by atoms with Crippen LogP contribution in [-0.2, 0) is 9.47 Å². The van der Waals surface area contributed by atoms with Gasteiger partial charge in [-0.2, -0.15) is 0 Å². The van der Waals surface area contributed by atoms with Gasteiger partial charge in [0.15, 0.2) is 0 Å². The molecule has 1 aromatic carbocycles. The average molecular weight is 389 g/mol. The first-order valence-corrected chi connectivity index (χ1v) is 10.3. The van der Waals surface area contributed by atoms with Crippen LogP contribution in [0.15, 0.2) is 18.2 Å². The number of phenols is 1. The summed E-state index contributed by atoms with van der Waals surface area (Å²) in [5, 5.41) is 9.97. The highest BCUT2D eigenvalue weighted by Gasteiger charge is 2.53. The van der Waals surface area contributed by atoms with E-state index in [9.17, 15) is 9.90 Å². The lowest BCUT2D eigenvalue weighted by Gasteiger charge is -2.54. The molecule has 0 aliphatic carbocycles. The fraction of sp³-hybridized carbons (Fsp3) is 0.682. The minimum atomic E-state index is -0.493. The molecule has 0 radical (unpaired) electrons. The zero-order valence-electron chi connectivity index (χ0n) is 17.2. The predicted octanol–water partition coefficient (Wildman–Crippen LogP) is 4.41. The number of benzene rings is 1. The first kappa shape index (κ1) is 19.4.